The molecule has 1 unspecified atom stereocenters. The van der Waals surface area contributed by atoms with Gasteiger partial charge < -0.3 is 15.2 Å². The average molecular weight is 223 g/mol. The van der Waals surface area contributed by atoms with E-state index in [9.17, 15) is 0 Å². The second-order valence-corrected chi connectivity index (χ2v) is 4.54. The first-order valence-corrected chi connectivity index (χ1v) is 5.44. The van der Waals surface area contributed by atoms with Crippen LogP contribution in [0.2, 0.25) is 0 Å². The van der Waals surface area contributed by atoms with Gasteiger partial charge in [-0.15, -0.1) is 0 Å². The molecule has 0 aliphatic rings. The maximum Gasteiger partial charge on any atom is 0.122 e. The Labute approximate surface area is 97.6 Å². The summed E-state index contributed by atoms with van der Waals surface area (Å²) in [4.78, 5) is 0. The Morgan fingerprint density at radius 2 is 1.50 bits per heavy atom. The predicted molar refractivity (Wildman–Crippen MR) is 65.9 cm³/mol. The van der Waals surface area contributed by atoms with E-state index >= 15 is 0 Å². The quantitative estimate of drug-likeness (QED) is 0.853. The van der Waals surface area contributed by atoms with Crippen LogP contribution in [-0.4, -0.2) is 14.2 Å². The van der Waals surface area contributed by atoms with E-state index in [1.54, 1.807) is 14.2 Å². The van der Waals surface area contributed by atoms with Gasteiger partial charge in [0.2, 0.25) is 0 Å². The van der Waals surface area contributed by atoms with Crippen molar-refractivity contribution < 1.29 is 9.47 Å². The van der Waals surface area contributed by atoms with Crippen molar-refractivity contribution >= 4 is 0 Å². The molecule has 3 heteroatoms. The van der Waals surface area contributed by atoms with Gasteiger partial charge in [0.25, 0.3) is 0 Å². The average Bonchev–Trinajstić information content (AvgIpc) is 2.27. The first-order valence-electron chi connectivity index (χ1n) is 5.44. The van der Waals surface area contributed by atoms with Crippen LogP contribution in [0, 0.1) is 5.92 Å². The Bertz CT molecular complexity index is 337. The molecule has 0 saturated carbocycles. The summed E-state index contributed by atoms with van der Waals surface area (Å²) >= 11 is 0. The molecule has 1 aromatic rings. The van der Waals surface area contributed by atoms with Crippen LogP contribution in [-0.2, 0) is 5.54 Å². The summed E-state index contributed by atoms with van der Waals surface area (Å²) < 4.78 is 10.5. The van der Waals surface area contributed by atoms with Crippen molar-refractivity contribution in [3.63, 3.8) is 0 Å². The van der Waals surface area contributed by atoms with Gasteiger partial charge >= 0.3 is 0 Å². The monoisotopic (exact) mass is 223 g/mol. The number of benzene rings is 1. The van der Waals surface area contributed by atoms with Crippen molar-refractivity contribution in [1.29, 1.82) is 0 Å². The number of nitrogens with two attached hydrogens (primary N) is 1. The lowest BCUT2D eigenvalue weighted by Gasteiger charge is -2.30. The first-order chi connectivity index (χ1) is 7.41. The highest BCUT2D eigenvalue weighted by Gasteiger charge is 2.26. The van der Waals surface area contributed by atoms with Crippen LogP contribution in [0.5, 0.6) is 11.5 Å². The maximum atomic E-state index is 6.32. The van der Waals surface area contributed by atoms with Crippen LogP contribution >= 0.6 is 0 Å². The molecule has 1 rings (SSSR count). The molecule has 90 valence electrons. The zero-order valence-electron chi connectivity index (χ0n) is 10.7. The van der Waals surface area contributed by atoms with Gasteiger partial charge in [-0.2, -0.15) is 0 Å². The fourth-order valence-corrected chi connectivity index (χ4v) is 1.45. The molecule has 0 bridgehead atoms. The topological polar surface area (TPSA) is 44.5 Å². The van der Waals surface area contributed by atoms with Crippen LogP contribution in [0.15, 0.2) is 18.2 Å². The van der Waals surface area contributed by atoms with Crippen LogP contribution < -0.4 is 15.2 Å². The summed E-state index contributed by atoms with van der Waals surface area (Å²) in [5.74, 6) is 1.88. The molecular weight excluding hydrogens is 202 g/mol. The number of hydrogen-bond donors (Lipinski definition) is 1. The van der Waals surface area contributed by atoms with E-state index in [1.165, 1.54) is 0 Å². The Morgan fingerprint density at radius 3 is 1.81 bits per heavy atom. The zero-order valence-corrected chi connectivity index (χ0v) is 10.7. The predicted octanol–water partition coefficient (Wildman–Crippen LogP) is 2.53. The highest BCUT2D eigenvalue weighted by molar-refractivity contribution is 5.41. The normalized spacial score (nSPS) is 14.7. The SMILES string of the molecule is COc1cc(OC)cc(C(C)(N)C(C)C)c1. The van der Waals surface area contributed by atoms with Gasteiger partial charge in [0.05, 0.1) is 14.2 Å². The molecule has 0 amide bonds. The molecule has 1 aromatic carbocycles. The molecule has 0 heterocycles. The first kappa shape index (κ1) is 12.8. The summed E-state index contributed by atoms with van der Waals surface area (Å²) in [7, 11) is 3.28. The summed E-state index contributed by atoms with van der Waals surface area (Å²) in [5, 5.41) is 0. The van der Waals surface area contributed by atoms with E-state index < -0.39 is 0 Å². The van der Waals surface area contributed by atoms with Crippen molar-refractivity contribution in [2.24, 2.45) is 11.7 Å². The van der Waals surface area contributed by atoms with Crippen LogP contribution in [0.1, 0.15) is 26.3 Å². The van der Waals surface area contributed by atoms with E-state index in [1.807, 2.05) is 25.1 Å². The lowest BCUT2D eigenvalue weighted by atomic mass is 9.82. The molecule has 0 saturated heterocycles. The number of ether oxygens (including phenoxy) is 2. The summed E-state index contributed by atoms with van der Waals surface area (Å²) in [6.07, 6.45) is 0. The van der Waals surface area contributed by atoms with E-state index in [-0.39, 0.29) is 5.54 Å². The Balaban J connectivity index is 3.22. The Morgan fingerprint density at radius 1 is 1.06 bits per heavy atom. The van der Waals surface area contributed by atoms with Gasteiger partial charge in [0.1, 0.15) is 11.5 Å². The third kappa shape index (κ3) is 2.47. The fourth-order valence-electron chi connectivity index (χ4n) is 1.45. The smallest absolute Gasteiger partial charge is 0.122 e. The van der Waals surface area contributed by atoms with Crippen LogP contribution in [0.4, 0.5) is 0 Å². The van der Waals surface area contributed by atoms with Gasteiger partial charge in [-0.3, -0.25) is 0 Å². The van der Waals surface area contributed by atoms with Crippen molar-refractivity contribution in [2.75, 3.05) is 14.2 Å². The number of methoxy groups -OCH3 is 2. The Kier molecular flexibility index (Phi) is 3.81. The standard InChI is InChI=1S/C13H21NO2/c1-9(2)13(3,14)10-6-11(15-4)8-12(7-10)16-5/h6-9H,14H2,1-5H3. The van der Waals surface area contributed by atoms with Gasteiger partial charge in [-0.25, -0.2) is 0 Å². The van der Waals surface area contributed by atoms with Crippen molar-refractivity contribution in [1.82, 2.24) is 0 Å². The lowest BCUT2D eigenvalue weighted by Crippen LogP contribution is -2.38. The number of hydrogen-bond acceptors (Lipinski definition) is 3. The van der Waals surface area contributed by atoms with Gasteiger partial charge in [-0.05, 0) is 30.5 Å². The lowest BCUT2D eigenvalue weighted by molar-refractivity contribution is 0.342. The highest BCUT2D eigenvalue weighted by Crippen LogP contribution is 2.32. The summed E-state index contributed by atoms with van der Waals surface area (Å²) in [6.45, 7) is 6.23. The third-order valence-corrected chi connectivity index (χ3v) is 3.17. The molecule has 0 fully saturated rings. The van der Waals surface area contributed by atoms with Crippen molar-refractivity contribution in [2.45, 2.75) is 26.3 Å². The summed E-state index contributed by atoms with van der Waals surface area (Å²) in [6, 6.07) is 5.77. The minimum atomic E-state index is -0.387. The molecule has 0 spiro atoms. The molecule has 0 aliphatic carbocycles. The number of rotatable bonds is 4. The molecule has 0 aliphatic heterocycles. The highest BCUT2D eigenvalue weighted by atomic mass is 16.5. The largest absolute Gasteiger partial charge is 0.497 e. The van der Waals surface area contributed by atoms with E-state index in [0.717, 1.165) is 17.1 Å². The van der Waals surface area contributed by atoms with Crippen molar-refractivity contribution in [3.05, 3.63) is 23.8 Å². The minimum Gasteiger partial charge on any atom is -0.497 e. The summed E-state index contributed by atoms with van der Waals surface area (Å²) in [5.41, 5.74) is 6.96. The van der Waals surface area contributed by atoms with Crippen LogP contribution in [0.3, 0.4) is 0 Å². The second kappa shape index (κ2) is 4.74. The van der Waals surface area contributed by atoms with E-state index in [4.69, 9.17) is 15.2 Å². The molecule has 0 aromatic heterocycles. The molecule has 16 heavy (non-hydrogen) atoms. The fraction of sp³-hybridized carbons (Fsp3) is 0.538. The van der Waals surface area contributed by atoms with Gasteiger partial charge in [-0.1, -0.05) is 13.8 Å². The minimum absolute atomic E-state index is 0.337. The second-order valence-electron chi connectivity index (χ2n) is 4.54. The van der Waals surface area contributed by atoms with Crippen molar-refractivity contribution in [3.8, 4) is 11.5 Å². The Hall–Kier alpha value is -1.22. The van der Waals surface area contributed by atoms with Gasteiger partial charge in [0.15, 0.2) is 0 Å². The van der Waals surface area contributed by atoms with E-state index in [0.29, 0.717) is 5.92 Å². The third-order valence-electron chi connectivity index (χ3n) is 3.17. The molecule has 0 radical (unpaired) electrons. The molecule has 2 N–H and O–H groups in total. The molecule has 3 nitrogen and oxygen atoms in total. The molecule has 1 atom stereocenters. The van der Waals surface area contributed by atoms with Gasteiger partial charge in [0, 0.05) is 11.6 Å². The van der Waals surface area contributed by atoms with E-state index in [2.05, 4.69) is 13.8 Å². The molecular formula is C13H21NO2. The maximum absolute atomic E-state index is 6.32. The van der Waals surface area contributed by atoms with Crippen LogP contribution in [0.25, 0.3) is 0 Å². The zero-order chi connectivity index (χ0) is 12.3.